The first-order valence-electron chi connectivity index (χ1n) is 4.62. The number of hydrogen-bond donors (Lipinski definition) is 0. The number of carbonyl (C=O) groups is 1. The number of carbonyl (C=O) groups excluding carboxylic acids is 1. The van der Waals surface area contributed by atoms with Gasteiger partial charge in [-0.3, -0.25) is 0 Å². The molecular weight excluding hydrogens is 237 g/mol. The molecule has 0 spiro atoms. The van der Waals surface area contributed by atoms with Crippen molar-refractivity contribution in [3.8, 4) is 0 Å². The van der Waals surface area contributed by atoms with Gasteiger partial charge in [0.25, 0.3) is 0 Å². The van der Waals surface area contributed by atoms with Gasteiger partial charge in [0.2, 0.25) is 5.76 Å². The molecule has 0 amide bonds. The summed E-state index contributed by atoms with van der Waals surface area (Å²) >= 11 is 0. The van der Waals surface area contributed by atoms with E-state index in [0.717, 1.165) is 7.11 Å². The van der Waals surface area contributed by atoms with Gasteiger partial charge in [-0.25, -0.2) is 4.79 Å². The molecule has 0 fully saturated rings. The van der Waals surface area contributed by atoms with E-state index in [4.69, 9.17) is 4.42 Å². The van der Waals surface area contributed by atoms with Crippen LogP contribution in [0.15, 0.2) is 28.7 Å². The summed E-state index contributed by atoms with van der Waals surface area (Å²) in [7, 11) is 0.996. The van der Waals surface area contributed by atoms with Crippen molar-refractivity contribution < 1.29 is 27.1 Å². The number of alkyl halides is 3. The number of benzene rings is 1. The molecule has 1 aromatic heterocycles. The van der Waals surface area contributed by atoms with Crippen molar-refractivity contribution in [2.45, 2.75) is 6.18 Å². The molecule has 3 nitrogen and oxygen atoms in total. The molecule has 6 heteroatoms. The van der Waals surface area contributed by atoms with Gasteiger partial charge in [0.1, 0.15) is 11.1 Å². The summed E-state index contributed by atoms with van der Waals surface area (Å²) in [5.41, 5.74) is -1.10. The normalized spacial score (nSPS) is 11.8. The molecular formula is C11H7F3O3. The molecule has 0 radical (unpaired) electrons. The zero-order chi connectivity index (χ0) is 12.6. The second-order valence-corrected chi connectivity index (χ2v) is 3.29. The van der Waals surface area contributed by atoms with E-state index < -0.39 is 23.5 Å². The number of methoxy groups -OCH3 is 1. The van der Waals surface area contributed by atoms with Gasteiger partial charge in [0, 0.05) is 5.39 Å². The van der Waals surface area contributed by atoms with Crippen LogP contribution in [0.4, 0.5) is 13.2 Å². The van der Waals surface area contributed by atoms with E-state index in [9.17, 15) is 18.0 Å². The first-order chi connectivity index (χ1) is 7.95. The third-order valence-corrected chi connectivity index (χ3v) is 2.25. The Labute approximate surface area is 93.8 Å². The first kappa shape index (κ1) is 11.5. The molecule has 0 saturated heterocycles. The van der Waals surface area contributed by atoms with Crippen LogP contribution in [0.25, 0.3) is 11.0 Å². The largest absolute Gasteiger partial charge is 0.463 e. The van der Waals surface area contributed by atoms with Crippen molar-refractivity contribution in [1.29, 1.82) is 0 Å². The smallest absolute Gasteiger partial charge is 0.420 e. The Morgan fingerprint density at radius 2 is 1.94 bits per heavy atom. The predicted molar refractivity (Wildman–Crippen MR) is 52.6 cm³/mol. The fourth-order valence-electron chi connectivity index (χ4n) is 1.56. The fourth-order valence-corrected chi connectivity index (χ4v) is 1.56. The average Bonchev–Trinajstić information content (AvgIpc) is 2.66. The molecule has 0 bridgehead atoms. The number of rotatable bonds is 1. The lowest BCUT2D eigenvalue weighted by atomic mass is 10.1. The third kappa shape index (κ3) is 1.86. The van der Waals surface area contributed by atoms with Crippen LogP contribution in [0.2, 0.25) is 0 Å². The van der Waals surface area contributed by atoms with Gasteiger partial charge in [0.15, 0.2) is 0 Å². The Balaban J connectivity index is 2.79. The molecule has 0 aliphatic heterocycles. The van der Waals surface area contributed by atoms with E-state index in [1.807, 2.05) is 0 Å². The number of hydrogen-bond acceptors (Lipinski definition) is 3. The number of ether oxygens (including phenoxy) is 1. The average molecular weight is 244 g/mol. The number of furan rings is 1. The Morgan fingerprint density at radius 1 is 1.29 bits per heavy atom. The molecule has 0 unspecified atom stereocenters. The lowest BCUT2D eigenvalue weighted by molar-refractivity contribution is -0.137. The molecule has 2 rings (SSSR count). The highest BCUT2D eigenvalue weighted by molar-refractivity contribution is 5.96. The summed E-state index contributed by atoms with van der Waals surface area (Å²) in [5.74, 6) is -1.96. The summed E-state index contributed by atoms with van der Waals surface area (Å²) in [6, 6.07) is 5.56. The molecule has 1 heterocycles. The van der Waals surface area contributed by atoms with Gasteiger partial charge in [-0.15, -0.1) is 0 Å². The second kappa shape index (κ2) is 3.80. The minimum absolute atomic E-state index is 0.000208. The van der Waals surface area contributed by atoms with Gasteiger partial charge in [-0.05, 0) is 6.07 Å². The SMILES string of the molecule is COC(=O)c1oc2ccccc2c1C(F)(F)F. The molecule has 0 atom stereocenters. The van der Waals surface area contributed by atoms with Crippen molar-refractivity contribution in [2.24, 2.45) is 0 Å². The Hall–Kier alpha value is -1.98. The van der Waals surface area contributed by atoms with Gasteiger partial charge >= 0.3 is 12.1 Å². The zero-order valence-corrected chi connectivity index (χ0v) is 8.67. The summed E-state index contributed by atoms with van der Waals surface area (Å²) in [4.78, 5) is 11.2. The van der Waals surface area contributed by atoms with Crippen molar-refractivity contribution >= 4 is 16.9 Å². The van der Waals surface area contributed by atoms with Gasteiger partial charge in [0.05, 0.1) is 7.11 Å². The molecule has 17 heavy (non-hydrogen) atoms. The van der Waals surface area contributed by atoms with Crippen LogP contribution in [0, 0.1) is 0 Å². The van der Waals surface area contributed by atoms with Crippen LogP contribution in [0.3, 0.4) is 0 Å². The highest BCUT2D eigenvalue weighted by atomic mass is 19.4. The van der Waals surface area contributed by atoms with E-state index in [-0.39, 0.29) is 11.0 Å². The van der Waals surface area contributed by atoms with Crippen LogP contribution in [-0.4, -0.2) is 13.1 Å². The summed E-state index contributed by atoms with van der Waals surface area (Å²) in [6.07, 6.45) is -4.67. The summed E-state index contributed by atoms with van der Waals surface area (Å²) in [6.45, 7) is 0. The van der Waals surface area contributed by atoms with E-state index in [0.29, 0.717) is 0 Å². The maximum absolute atomic E-state index is 12.8. The van der Waals surface area contributed by atoms with Crippen LogP contribution in [-0.2, 0) is 10.9 Å². The molecule has 2 aromatic rings. The molecule has 0 aliphatic rings. The highest BCUT2D eigenvalue weighted by Gasteiger charge is 2.41. The second-order valence-electron chi connectivity index (χ2n) is 3.29. The Morgan fingerprint density at radius 3 is 2.53 bits per heavy atom. The van der Waals surface area contributed by atoms with Crippen LogP contribution < -0.4 is 0 Å². The standard InChI is InChI=1S/C11H7F3O3/c1-16-10(15)9-8(11(12,13)14)6-4-2-3-5-7(6)17-9/h2-5H,1H3. The number of esters is 1. The van der Waals surface area contributed by atoms with Crippen molar-refractivity contribution in [1.82, 2.24) is 0 Å². The monoisotopic (exact) mass is 244 g/mol. The van der Waals surface area contributed by atoms with Crippen LogP contribution in [0.1, 0.15) is 16.1 Å². The van der Waals surface area contributed by atoms with Gasteiger partial charge in [-0.1, -0.05) is 18.2 Å². The van der Waals surface area contributed by atoms with Gasteiger partial charge < -0.3 is 9.15 Å². The lowest BCUT2D eigenvalue weighted by Crippen LogP contribution is -2.11. The van der Waals surface area contributed by atoms with Crippen molar-refractivity contribution in [3.63, 3.8) is 0 Å². The maximum Gasteiger partial charge on any atom is 0.420 e. The first-order valence-corrected chi connectivity index (χ1v) is 4.62. The number of halogens is 3. The number of fused-ring (bicyclic) bond motifs is 1. The molecule has 0 saturated carbocycles. The Kier molecular flexibility index (Phi) is 2.57. The predicted octanol–water partition coefficient (Wildman–Crippen LogP) is 3.24. The fraction of sp³-hybridized carbons (Fsp3) is 0.182. The van der Waals surface area contributed by atoms with E-state index in [2.05, 4.69) is 4.74 Å². The van der Waals surface area contributed by atoms with Crippen molar-refractivity contribution in [3.05, 3.63) is 35.6 Å². The Bertz CT molecular complexity index is 569. The van der Waals surface area contributed by atoms with Crippen LogP contribution in [0.5, 0.6) is 0 Å². The summed E-state index contributed by atoms with van der Waals surface area (Å²) < 4.78 is 47.7. The minimum atomic E-state index is -4.67. The molecule has 0 aliphatic carbocycles. The topological polar surface area (TPSA) is 39.4 Å². The third-order valence-electron chi connectivity index (χ3n) is 2.25. The van der Waals surface area contributed by atoms with E-state index >= 15 is 0 Å². The number of para-hydroxylation sites is 1. The van der Waals surface area contributed by atoms with Crippen molar-refractivity contribution in [2.75, 3.05) is 7.11 Å². The van der Waals surface area contributed by atoms with E-state index in [1.165, 1.54) is 24.3 Å². The molecule has 0 N–H and O–H groups in total. The minimum Gasteiger partial charge on any atom is -0.463 e. The molecule has 90 valence electrons. The maximum atomic E-state index is 12.8. The van der Waals surface area contributed by atoms with Crippen LogP contribution >= 0.6 is 0 Å². The van der Waals surface area contributed by atoms with E-state index in [1.54, 1.807) is 0 Å². The quantitative estimate of drug-likeness (QED) is 0.723. The zero-order valence-electron chi connectivity index (χ0n) is 8.67. The molecule has 1 aromatic carbocycles. The summed E-state index contributed by atoms with van der Waals surface area (Å²) in [5, 5.41) is -0.152. The van der Waals surface area contributed by atoms with Gasteiger partial charge in [-0.2, -0.15) is 13.2 Å². The highest BCUT2D eigenvalue weighted by Crippen LogP contribution is 2.39. The lowest BCUT2D eigenvalue weighted by Gasteiger charge is -2.05.